The molecule has 134 valence electrons. The van der Waals surface area contributed by atoms with Gasteiger partial charge in [-0.1, -0.05) is 23.8 Å². The second kappa shape index (κ2) is 7.03. The molecule has 2 N–H and O–H groups in total. The molecule has 0 saturated heterocycles. The van der Waals surface area contributed by atoms with Crippen molar-refractivity contribution in [1.82, 2.24) is 9.97 Å². The molecule has 0 saturated carbocycles. The number of nitrogens with zero attached hydrogens (tertiary/aromatic N) is 2. The topological polar surface area (TPSA) is 49.8 Å². The van der Waals surface area contributed by atoms with Gasteiger partial charge in [-0.25, -0.2) is 4.98 Å². The number of rotatable bonds is 4. The molecule has 2 aromatic carbocycles. The van der Waals surface area contributed by atoms with E-state index in [1.807, 2.05) is 31.2 Å². The zero-order valence-corrected chi connectivity index (χ0v) is 14.2. The van der Waals surface area contributed by atoms with Crippen LogP contribution in [0.2, 0.25) is 0 Å². The minimum Gasteiger partial charge on any atom is -0.340 e. The molecular weight excluding hydrogens is 341 g/mol. The molecular formula is C19H17F3N4. The summed E-state index contributed by atoms with van der Waals surface area (Å²) in [6.45, 7) is 3.78. The van der Waals surface area contributed by atoms with Gasteiger partial charge in [0.25, 0.3) is 0 Å². The second-order valence-corrected chi connectivity index (χ2v) is 5.91. The van der Waals surface area contributed by atoms with Crippen LogP contribution in [0.4, 0.5) is 36.3 Å². The van der Waals surface area contributed by atoms with Crippen LogP contribution >= 0.6 is 0 Å². The van der Waals surface area contributed by atoms with E-state index in [2.05, 4.69) is 20.6 Å². The van der Waals surface area contributed by atoms with Crippen molar-refractivity contribution in [2.75, 3.05) is 10.6 Å². The highest BCUT2D eigenvalue weighted by molar-refractivity contribution is 5.61. The van der Waals surface area contributed by atoms with E-state index in [-0.39, 0.29) is 0 Å². The Morgan fingerprint density at radius 3 is 2.23 bits per heavy atom. The number of alkyl halides is 3. The molecule has 0 bridgehead atoms. The average Bonchev–Trinajstić information content (AvgIpc) is 2.56. The number of anilines is 4. The Balaban J connectivity index is 1.83. The van der Waals surface area contributed by atoms with Crippen molar-refractivity contribution in [1.29, 1.82) is 0 Å². The lowest BCUT2D eigenvalue weighted by Gasteiger charge is -2.12. The fraction of sp³-hybridized carbons (Fsp3) is 0.158. The third-order valence-electron chi connectivity index (χ3n) is 3.62. The van der Waals surface area contributed by atoms with Crippen molar-refractivity contribution in [2.45, 2.75) is 20.0 Å². The molecule has 0 atom stereocenters. The molecule has 3 rings (SSSR count). The van der Waals surface area contributed by atoms with E-state index in [0.717, 1.165) is 23.4 Å². The molecule has 1 heterocycles. The smallest absolute Gasteiger partial charge is 0.340 e. The fourth-order valence-electron chi connectivity index (χ4n) is 2.38. The number of hydrogen-bond donors (Lipinski definition) is 2. The van der Waals surface area contributed by atoms with Crippen LogP contribution in [-0.2, 0) is 6.18 Å². The lowest BCUT2D eigenvalue weighted by Crippen LogP contribution is -2.06. The summed E-state index contributed by atoms with van der Waals surface area (Å²) in [4.78, 5) is 8.63. The molecule has 0 aliphatic rings. The largest absolute Gasteiger partial charge is 0.416 e. The van der Waals surface area contributed by atoms with Gasteiger partial charge in [0, 0.05) is 23.1 Å². The second-order valence-electron chi connectivity index (χ2n) is 5.91. The monoisotopic (exact) mass is 358 g/mol. The van der Waals surface area contributed by atoms with Crippen molar-refractivity contribution >= 4 is 23.1 Å². The van der Waals surface area contributed by atoms with Crippen LogP contribution in [0.5, 0.6) is 0 Å². The molecule has 0 unspecified atom stereocenters. The molecule has 0 amide bonds. The molecule has 1 aromatic heterocycles. The molecule has 0 fully saturated rings. The Bertz CT molecular complexity index is 905. The summed E-state index contributed by atoms with van der Waals surface area (Å²) in [5.74, 6) is 0.773. The molecule has 0 aliphatic heterocycles. The van der Waals surface area contributed by atoms with Crippen LogP contribution in [0, 0.1) is 13.8 Å². The first kappa shape index (κ1) is 17.7. The zero-order chi connectivity index (χ0) is 18.7. The van der Waals surface area contributed by atoms with Gasteiger partial charge in [-0.15, -0.1) is 0 Å². The van der Waals surface area contributed by atoms with Crippen LogP contribution < -0.4 is 10.6 Å². The number of aromatic nitrogens is 2. The van der Waals surface area contributed by atoms with Gasteiger partial charge in [-0.2, -0.15) is 18.2 Å². The maximum Gasteiger partial charge on any atom is 0.416 e. The molecule has 7 heteroatoms. The van der Waals surface area contributed by atoms with E-state index in [1.54, 1.807) is 19.1 Å². The summed E-state index contributed by atoms with van der Waals surface area (Å²) in [6, 6.07) is 14.4. The third kappa shape index (κ3) is 4.50. The molecule has 3 aromatic rings. The Morgan fingerprint density at radius 1 is 0.808 bits per heavy atom. The minimum atomic E-state index is -4.39. The van der Waals surface area contributed by atoms with Gasteiger partial charge < -0.3 is 10.6 Å². The lowest BCUT2D eigenvalue weighted by molar-refractivity contribution is -0.137. The predicted octanol–water partition coefficient (Wildman–Crippen LogP) is 5.60. The standard InChI is InChI=1S/C19H17F3N4/c1-12-6-8-15(9-7-12)25-18-23-13(2)10-17(26-18)24-16-5-3-4-14(11-16)19(20,21)22/h3-11H,1-2H3,(H2,23,24,25,26). The van der Waals surface area contributed by atoms with Gasteiger partial charge in [-0.3, -0.25) is 0 Å². The van der Waals surface area contributed by atoms with E-state index < -0.39 is 11.7 Å². The summed E-state index contributed by atoms with van der Waals surface area (Å²) in [5.41, 5.74) is 2.23. The number of halogens is 3. The fourth-order valence-corrected chi connectivity index (χ4v) is 2.38. The highest BCUT2D eigenvalue weighted by Crippen LogP contribution is 2.31. The van der Waals surface area contributed by atoms with Crippen molar-refractivity contribution in [3.8, 4) is 0 Å². The first-order chi connectivity index (χ1) is 12.3. The van der Waals surface area contributed by atoms with Crippen LogP contribution in [0.25, 0.3) is 0 Å². The third-order valence-corrected chi connectivity index (χ3v) is 3.62. The van der Waals surface area contributed by atoms with Crippen molar-refractivity contribution < 1.29 is 13.2 Å². The first-order valence-electron chi connectivity index (χ1n) is 7.93. The Labute approximate surface area is 149 Å². The Hall–Kier alpha value is -3.09. The number of aryl methyl sites for hydroxylation is 2. The van der Waals surface area contributed by atoms with Crippen LogP contribution in [0.15, 0.2) is 54.6 Å². The molecule has 4 nitrogen and oxygen atoms in total. The summed E-state index contributed by atoms with van der Waals surface area (Å²) in [7, 11) is 0. The average molecular weight is 358 g/mol. The summed E-state index contributed by atoms with van der Waals surface area (Å²) >= 11 is 0. The number of hydrogen-bond acceptors (Lipinski definition) is 4. The minimum absolute atomic E-state index is 0.305. The van der Waals surface area contributed by atoms with Crippen LogP contribution in [0.3, 0.4) is 0 Å². The van der Waals surface area contributed by atoms with Gasteiger partial charge in [0.1, 0.15) is 5.82 Å². The number of nitrogens with one attached hydrogen (secondary N) is 2. The molecule has 0 spiro atoms. The van der Waals surface area contributed by atoms with Gasteiger partial charge in [-0.05, 0) is 44.2 Å². The van der Waals surface area contributed by atoms with E-state index in [1.165, 1.54) is 6.07 Å². The lowest BCUT2D eigenvalue weighted by atomic mass is 10.2. The van der Waals surface area contributed by atoms with Crippen molar-refractivity contribution in [2.24, 2.45) is 0 Å². The van der Waals surface area contributed by atoms with E-state index in [0.29, 0.717) is 23.1 Å². The highest BCUT2D eigenvalue weighted by Gasteiger charge is 2.30. The predicted molar refractivity (Wildman–Crippen MR) is 96.0 cm³/mol. The zero-order valence-electron chi connectivity index (χ0n) is 14.2. The van der Waals surface area contributed by atoms with E-state index >= 15 is 0 Å². The van der Waals surface area contributed by atoms with E-state index in [4.69, 9.17) is 0 Å². The molecule has 0 radical (unpaired) electrons. The number of benzene rings is 2. The summed E-state index contributed by atoms with van der Waals surface area (Å²) < 4.78 is 38.5. The molecule has 26 heavy (non-hydrogen) atoms. The molecule has 0 aliphatic carbocycles. The maximum absolute atomic E-state index is 12.8. The highest BCUT2D eigenvalue weighted by atomic mass is 19.4. The van der Waals surface area contributed by atoms with Gasteiger partial charge in [0.15, 0.2) is 0 Å². The Kier molecular flexibility index (Phi) is 4.79. The van der Waals surface area contributed by atoms with Gasteiger partial charge in [0.2, 0.25) is 5.95 Å². The SMILES string of the molecule is Cc1ccc(Nc2nc(C)cc(Nc3cccc(C(F)(F)F)c3)n2)cc1. The van der Waals surface area contributed by atoms with Crippen LogP contribution in [-0.4, -0.2) is 9.97 Å². The van der Waals surface area contributed by atoms with Gasteiger partial charge >= 0.3 is 6.18 Å². The summed E-state index contributed by atoms with van der Waals surface area (Å²) in [6.07, 6.45) is -4.39. The quantitative estimate of drug-likeness (QED) is 0.637. The first-order valence-corrected chi connectivity index (χ1v) is 7.93. The van der Waals surface area contributed by atoms with Crippen molar-refractivity contribution in [3.05, 3.63) is 71.4 Å². The van der Waals surface area contributed by atoms with Crippen LogP contribution in [0.1, 0.15) is 16.8 Å². The van der Waals surface area contributed by atoms with E-state index in [9.17, 15) is 13.2 Å². The summed E-state index contributed by atoms with van der Waals surface area (Å²) in [5, 5.41) is 5.99. The normalized spacial score (nSPS) is 11.3. The van der Waals surface area contributed by atoms with Crippen molar-refractivity contribution in [3.63, 3.8) is 0 Å². The Morgan fingerprint density at radius 2 is 1.54 bits per heavy atom. The van der Waals surface area contributed by atoms with Gasteiger partial charge in [0.05, 0.1) is 5.56 Å². The maximum atomic E-state index is 12.8.